The number of nitrogens with two attached hydrogens (primary N) is 2. The lowest BCUT2D eigenvalue weighted by molar-refractivity contribution is -0.228. The van der Waals surface area contributed by atoms with Gasteiger partial charge in [0.2, 0.25) is 0 Å². The Morgan fingerprint density at radius 3 is 2.35 bits per heavy atom. The van der Waals surface area contributed by atoms with E-state index in [0.29, 0.717) is 35.8 Å². The molecule has 0 spiro atoms. The molecule has 0 radical (unpaired) electrons. The number of benzene rings is 1. The highest BCUT2D eigenvalue weighted by atomic mass is 32.3. The first-order valence-corrected chi connectivity index (χ1v) is 16.4. The minimum atomic E-state index is -5.00. The molecular formula is C29H40N8O10S4. The molecule has 280 valence electrons. The lowest BCUT2D eigenvalue weighted by Crippen LogP contribution is -2.68. The van der Waals surface area contributed by atoms with Gasteiger partial charge in [-0.25, -0.2) is 19.7 Å². The fraction of sp³-hybridized carbons (Fsp3) is 0.379. The number of hydroxylamine groups is 2. The van der Waals surface area contributed by atoms with Crippen LogP contribution >= 0.6 is 38.3 Å². The Bertz CT molecular complexity index is 1810. The van der Waals surface area contributed by atoms with Gasteiger partial charge in [0.05, 0.1) is 11.5 Å². The van der Waals surface area contributed by atoms with Crippen molar-refractivity contribution in [3.8, 4) is 5.75 Å². The number of carboxylic acid groups (broad SMARTS) is 1. The third kappa shape index (κ3) is 12.1. The highest BCUT2D eigenvalue weighted by Gasteiger charge is 2.57. The normalized spacial score (nSPS) is 16.0. The number of carboxylic acids is 1. The number of aliphatic imine (C=N–C) groups is 1. The van der Waals surface area contributed by atoms with Gasteiger partial charge in [0.1, 0.15) is 29.7 Å². The Labute approximate surface area is 312 Å². The number of rotatable bonds is 17. The number of carbonyl (C=O) groups is 3. The van der Waals surface area contributed by atoms with Gasteiger partial charge in [-0.1, -0.05) is 12.6 Å². The Morgan fingerprint density at radius 1 is 1.16 bits per heavy atom. The smallest absolute Gasteiger partial charge is 0.418 e. The van der Waals surface area contributed by atoms with Crippen molar-refractivity contribution < 1.29 is 46.3 Å². The summed E-state index contributed by atoms with van der Waals surface area (Å²) in [5.41, 5.74) is 10.6. The molecule has 2 aromatic heterocycles. The lowest BCUT2D eigenvalue weighted by atomic mass is 9.74. The first kappa shape index (κ1) is 44.7. The Hall–Kier alpha value is -4.35. The predicted molar refractivity (Wildman–Crippen MR) is 198 cm³/mol. The van der Waals surface area contributed by atoms with Crippen LogP contribution in [0.3, 0.4) is 0 Å². The number of amides is 1. The minimum Gasteiger partial charge on any atom is -0.489 e. The fourth-order valence-electron chi connectivity index (χ4n) is 4.43. The summed E-state index contributed by atoms with van der Waals surface area (Å²) < 4.78 is 41.1. The van der Waals surface area contributed by atoms with Crippen LogP contribution in [0.2, 0.25) is 0 Å². The van der Waals surface area contributed by atoms with Gasteiger partial charge in [-0.2, -0.15) is 40.5 Å². The fourth-order valence-corrected chi connectivity index (χ4v) is 5.43. The molecule has 51 heavy (non-hydrogen) atoms. The number of nitrogens with zero attached hydrogens (tertiary/aromatic N) is 6. The van der Waals surface area contributed by atoms with Gasteiger partial charge in [0.25, 0.3) is 12.0 Å². The molecule has 3 heterocycles. The molecule has 0 aliphatic carbocycles. The van der Waals surface area contributed by atoms with Crippen molar-refractivity contribution in [1.29, 1.82) is 0 Å². The summed E-state index contributed by atoms with van der Waals surface area (Å²) in [5, 5.41) is 15.4. The van der Waals surface area contributed by atoms with Crippen molar-refractivity contribution in [2.75, 3.05) is 18.9 Å². The van der Waals surface area contributed by atoms with E-state index in [1.54, 1.807) is 42.7 Å². The number of thiazole rings is 1. The highest BCUT2D eigenvalue weighted by molar-refractivity contribution is 7.80. The second kappa shape index (κ2) is 19.3. The van der Waals surface area contributed by atoms with Gasteiger partial charge in [-0.3, -0.25) is 19.1 Å². The molecule has 1 saturated heterocycles. The molecule has 4 rings (SSSR count). The van der Waals surface area contributed by atoms with Gasteiger partial charge >= 0.3 is 16.4 Å². The van der Waals surface area contributed by atoms with E-state index < -0.39 is 64.4 Å². The third-order valence-electron chi connectivity index (χ3n) is 7.02. The zero-order valence-corrected chi connectivity index (χ0v) is 30.3. The molecule has 1 aliphatic rings. The van der Waals surface area contributed by atoms with Crippen LogP contribution in [0.1, 0.15) is 51.2 Å². The maximum absolute atomic E-state index is 13.3. The predicted octanol–water partition coefficient (Wildman–Crippen LogP) is 1.90. The van der Waals surface area contributed by atoms with E-state index in [-0.39, 0.29) is 51.0 Å². The van der Waals surface area contributed by atoms with Crippen molar-refractivity contribution in [3.05, 3.63) is 65.2 Å². The second-order valence-corrected chi connectivity index (χ2v) is 12.7. The van der Waals surface area contributed by atoms with Crippen LogP contribution in [0, 0.1) is 5.92 Å². The van der Waals surface area contributed by atoms with Crippen LogP contribution in [0.4, 0.5) is 5.13 Å². The van der Waals surface area contributed by atoms with Crippen LogP contribution in [0.15, 0.2) is 58.3 Å². The number of hydrogen-bond acceptors (Lipinski definition) is 15. The summed E-state index contributed by atoms with van der Waals surface area (Å²) in [4.78, 5) is 59.7. The van der Waals surface area contributed by atoms with Crippen LogP contribution in [0.5, 0.6) is 5.75 Å². The van der Waals surface area contributed by atoms with E-state index in [1.165, 1.54) is 19.2 Å². The van der Waals surface area contributed by atoms with Gasteiger partial charge in [-0.15, -0.1) is 15.6 Å². The topological polar surface area (TPSA) is 272 Å². The Kier molecular flexibility index (Phi) is 16.9. The SMILES string of the molecule is C.CC1(C)C(CC(=O)/C(=N\O[C@@H](COc2ccc(C(N)=NCCCc3ncccn3)cc2)C(=O)O)c2csc(N)n2)C(=O)N1OS(=O)(=O)O.S.S. The number of carbonyl (C=O) groups excluding carboxylic acids is 2. The summed E-state index contributed by atoms with van der Waals surface area (Å²) in [6, 6.07) is 8.18. The number of aliphatic carboxylic acids is 1. The molecule has 1 unspecified atom stereocenters. The Morgan fingerprint density at radius 2 is 1.80 bits per heavy atom. The third-order valence-corrected chi connectivity index (χ3v) is 8.03. The van der Waals surface area contributed by atoms with Gasteiger partial charge < -0.3 is 26.1 Å². The van der Waals surface area contributed by atoms with Crippen LogP contribution in [0.25, 0.3) is 0 Å². The summed E-state index contributed by atoms with van der Waals surface area (Å²) in [7, 11) is -5.00. The van der Waals surface area contributed by atoms with Crippen molar-refractivity contribution in [2.45, 2.75) is 52.2 Å². The first-order valence-electron chi connectivity index (χ1n) is 14.2. The minimum absolute atomic E-state index is 0. The molecular weight excluding hydrogens is 749 g/mol. The molecule has 1 aromatic carbocycles. The molecule has 0 bridgehead atoms. The van der Waals surface area contributed by atoms with Gasteiger partial charge in [-0.05, 0) is 50.6 Å². The summed E-state index contributed by atoms with van der Waals surface area (Å²) in [5.74, 6) is -2.90. The molecule has 18 nitrogen and oxygen atoms in total. The first-order chi connectivity index (χ1) is 22.7. The Balaban J connectivity index is 0.00000433. The van der Waals surface area contributed by atoms with Crippen molar-refractivity contribution >= 4 is 83.1 Å². The highest BCUT2D eigenvalue weighted by Crippen LogP contribution is 2.40. The van der Waals surface area contributed by atoms with Crippen LogP contribution in [-0.2, 0) is 40.3 Å². The molecule has 1 aliphatic heterocycles. The molecule has 1 amide bonds. The molecule has 3 aromatic rings. The number of amidine groups is 1. The second-order valence-electron chi connectivity index (χ2n) is 10.8. The molecule has 1 fully saturated rings. The molecule has 0 saturated carbocycles. The quantitative estimate of drug-likeness (QED) is 0.0380. The number of β-lactam (4-membered cyclic amide) rings is 1. The van der Waals surface area contributed by atoms with Crippen LogP contribution in [-0.4, -0.2) is 92.1 Å². The van der Waals surface area contributed by atoms with Crippen LogP contribution < -0.4 is 16.2 Å². The number of ether oxygens (including phenoxy) is 1. The maximum Gasteiger partial charge on any atom is 0.418 e. The zero-order chi connectivity index (χ0) is 35.1. The number of aryl methyl sites for hydroxylation is 1. The monoisotopic (exact) mass is 788 g/mol. The van der Waals surface area contributed by atoms with E-state index in [1.807, 2.05) is 0 Å². The van der Waals surface area contributed by atoms with E-state index in [2.05, 4.69) is 29.4 Å². The van der Waals surface area contributed by atoms with E-state index >= 15 is 0 Å². The van der Waals surface area contributed by atoms with Gasteiger partial charge in [0, 0.05) is 42.7 Å². The number of anilines is 1. The van der Waals surface area contributed by atoms with Crippen molar-refractivity contribution in [3.63, 3.8) is 0 Å². The summed E-state index contributed by atoms with van der Waals surface area (Å²) in [6.45, 7) is 2.79. The summed E-state index contributed by atoms with van der Waals surface area (Å²) in [6.07, 6.45) is 2.52. The van der Waals surface area contributed by atoms with E-state index in [0.717, 1.165) is 17.2 Å². The number of hydrogen-bond donors (Lipinski definition) is 4. The largest absolute Gasteiger partial charge is 0.489 e. The molecule has 6 N–H and O–H groups in total. The average molecular weight is 789 g/mol. The molecule has 22 heteroatoms. The standard InChI is InChI=1S/C28H32N8O10S2.CH4.2H2S/c1-28(2)18(25(38)36(28)46-48(41,42)43)13-20(37)23(19-15-47-27(30)34-19)35-45-21(26(39)40)14-44-17-8-6-16(7-9-17)24(29)33-10-3-5-22-31-11-4-12-32-22;;;/h4,6-9,11-12,15,18,21H,3,5,10,13-14H2,1-2H3,(H2,29,33)(H2,30,34)(H,39,40)(H,41,42,43);1H4;2*1H2/b35-23-;;;/t18?,21-;;;/m0.../s1. The van der Waals surface area contributed by atoms with Crippen molar-refractivity contribution in [2.24, 2.45) is 21.8 Å². The number of Topliss-reactive ketones (excluding diaryl/α,β-unsaturated/α-hetero) is 1. The molecule has 2 atom stereocenters. The number of oxime groups is 1. The number of ketones is 1. The zero-order valence-electron chi connectivity index (χ0n) is 26.6. The lowest BCUT2D eigenvalue weighted by Gasteiger charge is -2.50. The summed E-state index contributed by atoms with van der Waals surface area (Å²) >= 11 is 0.976. The maximum atomic E-state index is 13.3. The number of nitrogen functional groups attached to an aromatic ring is 1. The van der Waals surface area contributed by atoms with Gasteiger partial charge in [0.15, 0.2) is 16.6 Å². The van der Waals surface area contributed by atoms with E-state index in [4.69, 9.17) is 25.6 Å². The van der Waals surface area contributed by atoms with Crippen molar-refractivity contribution in [1.82, 2.24) is 20.0 Å². The average Bonchev–Trinajstić information content (AvgIpc) is 3.47. The van der Waals surface area contributed by atoms with E-state index in [9.17, 15) is 27.9 Å². The number of aromatic nitrogens is 3.